The SMILES string of the molecule is COC1(CNC(=O)[C@H]2CCCC[C@@H]2C(F)(F)F)CCOCC1. The highest BCUT2D eigenvalue weighted by Gasteiger charge is 2.48. The van der Waals surface area contributed by atoms with E-state index < -0.39 is 29.5 Å². The summed E-state index contributed by atoms with van der Waals surface area (Å²) in [6.45, 7) is 1.32. The molecule has 7 heteroatoms. The van der Waals surface area contributed by atoms with E-state index >= 15 is 0 Å². The summed E-state index contributed by atoms with van der Waals surface area (Å²) in [6, 6.07) is 0. The van der Waals surface area contributed by atoms with E-state index in [4.69, 9.17) is 9.47 Å². The van der Waals surface area contributed by atoms with E-state index in [1.807, 2.05) is 0 Å². The lowest BCUT2D eigenvalue weighted by Crippen LogP contribution is -2.51. The molecule has 2 rings (SSSR count). The van der Waals surface area contributed by atoms with Gasteiger partial charge in [0, 0.05) is 45.6 Å². The molecule has 0 unspecified atom stereocenters. The third-order valence-corrected chi connectivity index (χ3v) is 4.94. The molecule has 0 aromatic heterocycles. The average Bonchev–Trinajstić information content (AvgIpc) is 2.53. The van der Waals surface area contributed by atoms with Gasteiger partial charge >= 0.3 is 6.18 Å². The number of alkyl halides is 3. The van der Waals surface area contributed by atoms with Crippen LogP contribution >= 0.6 is 0 Å². The Morgan fingerprint density at radius 3 is 2.50 bits per heavy atom. The van der Waals surface area contributed by atoms with E-state index in [0.29, 0.717) is 45.3 Å². The van der Waals surface area contributed by atoms with Crippen molar-refractivity contribution in [3.63, 3.8) is 0 Å². The zero-order valence-electron chi connectivity index (χ0n) is 12.9. The molecule has 2 fully saturated rings. The molecule has 4 nitrogen and oxygen atoms in total. The van der Waals surface area contributed by atoms with Crippen LogP contribution in [0.1, 0.15) is 38.5 Å². The molecule has 0 aromatic carbocycles. The monoisotopic (exact) mass is 323 g/mol. The fourth-order valence-corrected chi connectivity index (χ4v) is 3.41. The van der Waals surface area contributed by atoms with Crippen molar-refractivity contribution < 1.29 is 27.4 Å². The Morgan fingerprint density at radius 2 is 1.91 bits per heavy atom. The van der Waals surface area contributed by atoms with Crippen LogP contribution < -0.4 is 5.32 Å². The van der Waals surface area contributed by atoms with E-state index in [0.717, 1.165) is 0 Å². The summed E-state index contributed by atoms with van der Waals surface area (Å²) in [5, 5.41) is 2.70. The molecule has 0 radical (unpaired) electrons. The normalized spacial score (nSPS) is 29.1. The predicted octanol–water partition coefficient (Wildman–Crippen LogP) is 2.67. The molecule has 1 saturated carbocycles. The maximum atomic E-state index is 13.1. The highest BCUT2D eigenvalue weighted by atomic mass is 19.4. The van der Waals surface area contributed by atoms with Crippen LogP contribution in [0.4, 0.5) is 13.2 Å². The van der Waals surface area contributed by atoms with Gasteiger partial charge in [-0.25, -0.2) is 0 Å². The molecule has 1 amide bonds. The van der Waals surface area contributed by atoms with E-state index in [1.165, 1.54) is 0 Å². The van der Waals surface area contributed by atoms with Crippen LogP contribution in [0, 0.1) is 11.8 Å². The van der Waals surface area contributed by atoms with Gasteiger partial charge in [-0.05, 0) is 12.8 Å². The van der Waals surface area contributed by atoms with Crippen LogP contribution in [0.5, 0.6) is 0 Å². The molecular formula is C15H24F3NO3. The highest BCUT2D eigenvalue weighted by molar-refractivity contribution is 5.79. The molecule has 128 valence electrons. The van der Waals surface area contributed by atoms with Gasteiger partial charge in [-0.15, -0.1) is 0 Å². The number of methoxy groups -OCH3 is 1. The second kappa shape index (κ2) is 7.17. The van der Waals surface area contributed by atoms with Gasteiger partial charge in [-0.2, -0.15) is 13.2 Å². The van der Waals surface area contributed by atoms with Crippen molar-refractivity contribution >= 4 is 5.91 Å². The second-order valence-electron chi connectivity index (χ2n) is 6.26. The maximum Gasteiger partial charge on any atom is 0.392 e. The van der Waals surface area contributed by atoms with Crippen molar-refractivity contribution in [1.29, 1.82) is 0 Å². The lowest BCUT2D eigenvalue weighted by atomic mass is 9.78. The van der Waals surface area contributed by atoms with Gasteiger partial charge in [-0.1, -0.05) is 12.8 Å². The molecule has 0 bridgehead atoms. The third kappa shape index (κ3) is 4.13. The van der Waals surface area contributed by atoms with Crippen molar-refractivity contribution in [2.24, 2.45) is 11.8 Å². The van der Waals surface area contributed by atoms with Gasteiger partial charge in [0.1, 0.15) is 0 Å². The van der Waals surface area contributed by atoms with E-state index in [1.54, 1.807) is 7.11 Å². The quantitative estimate of drug-likeness (QED) is 0.865. The molecular weight excluding hydrogens is 299 g/mol. The molecule has 1 saturated heterocycles. The Balaban J connectivity index is 1.95. The first-order chi connectivity index (χ1) is 10.4. The number of ether oxygens (including phenoxy) is 2. The minimum atomic E-state index is -4.31. The van der Waals surface area contributed by atoms with Crippen molar-refractivity contribution in [1.82, 2.24) is 5.32 Å². The van der Waals surface area contributed by atoms with E-state index in [9.17, 15) is 18.0 Å². The second-order valence-corrected chi connectivity index (χ2v) is 6.26. The highest BCUT2D eigenvalue weighted by Crippen LogP contribution is 2.41. The number of nitrogens with one attached hydrogen (secondary N) is 1. The minimum absolute atomic E-state index is 0.0465. The maximum absolute atomic E-state index is 13.1. The van der Waals surface area contributed by atoms with Crippen LogP contribution in [-0.2, 0) is 14.3 Å². The number of halogens is 3. The molecule has 0 spiro atoms. The fourth-order valence-electron chi connectivity index (χ4n) is 3.41. The number of rotatable bonds is 4. The first-order valence-electron chi connectivity index (χ1n) is 7.85. The largest absolute Gasteiger partial charge is 0.392 e. The van der Waals surface area contributed by atoms with Crippen LogP contribution in [0.2, 0.25) is 0 Å². The molecule has 1 aliphatic heterocycles. The summed E-state index contributed by atoms with van der Waals surface area (Å²) in [7, 11) is 1.57. The standard InChI is InChI=1S/C15H24F3NO3/c1-21-14(6-8-22-9-7-14)10-19-13(20)11-4-2-3-5-12(11)15(16,17)18/h11-12H,2-10H2,1H3,(H,19,20)/t11-,12-/m0/s1. The van der Waals surface area contributed by atoms with Crippen LogP contribution in [-0.4, -0.2) is 44.6 Å². The topological polar surface area (TPSA) is 47.6 Å². The van der Waals surface area contributed by atoms with Gasteiger partial charge in [-0.3, -0.25) is 4.79 Å². The van der Waals surface area contributed by atoms with Crippen molar-refractivity contribution in [2.45, 2.75) is 50.3 Å². The summed E-state index contributed by atoms with van der Waals surface area (Å²) >= 11 is 0. The van der Waals surface area contributed by atoms with Gasteiger partial charge < -0.3 is 14.8 Å². The van der Waals surface area contributed by atoms with Crippen LogP contribution in [0.3, 0.4) is 0 Å². The smallest absolute Gasteiger partial charge is 0.381 e. The molecule has 22 heavy (non-hydrogen) atoms. The van der Waals surface area contributed by atoms with Crippen molar-refractivity contribution in [3.05, 3.63) is 0 Å². The summed E-state index contributed by atoms with van der Waals surface area (Å²) in [4.78, 5) is 12.3. The number of carbonyl (C=O) groups is 1. The van der Waals surface area contributed by atoms with Crippen molar-refractivity contribution in [2.75, 3.05) is 26.9 Å². The molecule has 1 aliphatic carbocycles. The Bertz CT molecular complexity index is 381. The van der Waals surface area contributed by atoms with Gasteiger partial charge in [0.15, 0.2) is 0 Å². The lowest BCUT2D eigenvalue weighted by molar-refractivity contribution is -0.198. The molecule has 1 N–H and O–H groups in total. The number of hydrogen-bond donors (Lipinski definition) is 1. The summed E-state index contributed by atoms with van der Waals surface area (Å²) < 4.78 is 50.0. The van der Waals surface area contributed by atoms with E-state index in [-0.39, 0.29) is 13.0 Å². The van der Waals surface area contributed by atoms with Crippen LogP contribution in [0.15, 0.2) is 0 Å². The number of carbonyl (C=O) groups excluding carboxylic acids is 1. The first kappa shape index (κ1) is 17.5. The Morgan fingerprint density at radius 1 is 1.27 bits per heavy atom. The molecule has 1 heterocycles. The Labute approximate surface area is 128 Å². The first-order valence-corrected chi connectivity index (χ1v) is 7.85. The predicted molar refractivity (Wildman–Crippen MR) is 74.3 cm³/mol. The summed E-state index contributed by atoms with van der Waals surface area (Å²) in [5.41, 5.74) is -0.518. The fraction of sp³-hybridized carbons (Fsp3) is 0.933. The molecule has 0 aromatic rings. The number of amides is 1. The Hall–Kier alpha value is -0.820. The van der Waals surface area contributed by atoms with Crippen LogP contribution in [0.25, 0.3) is 0 Å². The average molecular weight is 323 g/mol. The summed E-state index contributed by atoms with van der Waals surface area (Å²) in [6.07, 6.45) is -1.47. The third-order valence-electron chi connectivity index (χ3n) is 4.94. The van der Waals surface area contributed by atoms with Gasteiger partial charge in [0.2, 0.25) is 5.91 Å². The van der Waals surface area contributed by atoms with E-state index in [2.05, 4.69) is 5.32 Å². The van der Waals surface area contributed by atoms with Gasteiger partial charge in [0.25, 0.3) is 0 Å². The van der Waals surface area contributed by atoms with Gasteiger partial charge in [0.05, 0.1) is 11.5 Å². The summed E-state index contributed by atoms with van der Waals surface area (Å²) in [5.74, 6) is -2.98. The Kier molecular flexibility index (Phi) is 5.71. The van der Waals surface area contributed by atoms with Crippen molar-refractivity contribution in [3.8, 4) is 0 Å². The number of hydrogen-bond acceptors (Lipinski definition) is 3. The minimum Gasteiger partial charge on any atom is -0.381 e. The zero-order chi connectivity index (χ0) is 16.2. The zero-order valence-corrected chi connectivity index (χ0v) is 12.9. The molecule has 2 atom stereocenters. The lowest BCUT2D eigenvalue weighted by Gasteiger charge is -2.37. The molecule has 2 aliphatic rings.